The third-order valence-corrected chi connectivity index (χ3v) is 9.60. The first-order chi connectivity index (χ1) is 21.4. The Kier molecular flexibility index (Phi) is 9.37. The van der Waals surface area contributed by atoms with Crippen molar-refractivity contribution in [3.05, 3.63) is 101 Å². The lowest BCUT2D eigenvalue weighted by Crippen LogP contribution is -2.35. The normalized spacial score (nSPS) is 14.0. The van der Waals surface area contributed by atoms with Gasteiger partial charge in [0.15, 0.2) is 9.84 Å². The van der Waals surface area contributed by atoms with Gasteiger partial charge in [-0.2, -0.15) is 13.2 Å². The molecule has 0 aliphatic carbocycles. The third kappa shape index (κ3) is 7.77. The maximum Gasteiger partial charge on any atom is 0.416 e. The number of sulfone groups is 1. The van der Waals surface area contributed by atoms with Crippen LogP contribution in [0, 0.1) is 0 Å². The highest BCUT2D eigenvalue weighted by molar-refractivity contribution is 7.92. The molecule has 5 rings (SSSR count). The van der Waals surface area contributed by atoms with Gasteiger partial charge in [-0.1, -0.05) is 17.7 Å². The van der Waals surface area contributed by atoms with E-state index < -0.39 is 38.6 Å². The number of halogens is 4. The molecule has 45 heavy (non-hydrogen) atoms. The number of piperidine rings is 1. The first kappa shape index (κ1) is 31.9. The lowest BCUT2D eigenvalue weighted by atomic mass is 10.1. The Hall–Kier alpha value is -4.53. The van der Waals surface area contributed by atoms with Gasteiger partial charge in [0.2, 0.25) is 5.95 Å². The van der Waals surface area contributed by atoms with E-state index >= 15 is 0 Å². The molecule has 4 aromatic rings. The predicted molar refractivity (Wildman–Crippen MR) is 164 cm³/mol. The van der Waals surface area contributed by atoms with Crippen molar-refractivity contribution < 1.29 is 31.2 Å². The van der Waals surface area contributed by atoms with E-state index in [4.69, 9.17) is 11.6 Å². The molecule has 4 N–H and O–H groups in total. The number of rotatable bonds is 8. The van der Waals surface area contributed by atoms with Gasteiger partial charge in [0.05, 0.1) is 44.4 Å². The summed E-state index contributed by atoms with van der Waals surface area (Å²) in [5, 5.41) is 10.8. The van der Waals surface area contributed by atoms with Crippen LogP contribution in [0.5, 0.6) is 0 Å². The SMILES string of the molecule is O=C(Nc1ccc(Cl)c(C(=O)Nc2cnc(Nc3ccc(S(=O)(=O)C4CCNCC4)cc3)nc2)c1)c1cccc(C(F)(F)F)c1. The lowest BCUT2D eigenvalue weighted by Gasteiger charge is -2.22. The van der Waals surface area contributed by atoms with Gasteiger partial charge in [0.25, 0.3) is 11.8 Å². The summed E-state index contributed by atoms with van der Waals surface area (Å²) in [4.78, 5) is 34.1. The fourth-order valence-electron chi connectivity index (χ4n) is 4.63. The smallest absolute Gasteiger partial charge is 0.324 e. The minimum absolute atomic E-state index is 0.0137. The summed E-state index contributed by atoms with van der Waals surface area (Å²) in [7, 11) is -3.43. The van der Waals surface area contributed by atoms with Gasteiger partial charge in [0.1, 0.15) is 0 Å². The largest absolute Gasteiger partial charge is 0.416 e. The van der Waals surface area contributed by atoms with Crippen molar-refractivity contribution in [1.29, 1.82) is 0 Å². The molecule has 15 heteroatoms. The van der Waals surface area contributed by atoms with Crippen LogP contribution < -0.4 is 21.3 Å². The number of alkyl halides is 3. The number of aromatic nitrogens is 2. The van der Waals surface area contributed by atoms with E-state index in [2.05, 4.69) is 31.2 Å². The van der Waals surface area contributed by atoms with E-state index in [9.17, 15) is 31.2 Å². The van der Waals surface area contributed by atoms with Gasteiger partial charge < -0.3 is 21.3 Å². The Morgan fingerprint density at radius 3 is 2.16 bits per heavy atom. The molecule has 1 aliphatic heterocycles. The molecule has 0 spiro atoms. The summed E-state index contributed by atoms with van der Waals surface area (Å²) in [6.07, 6.45) is -0.789. The molecule has 1 saturated heterocycles. The van der Waals surface area contributed by atoms with E-state index in [-0.39, 0.29) is 38.4 Å². The predicted octanol–water partition coefficient (Wildman–Crippen LogP) is 5.92. The van der Waals surface area contributed by atoms with Gasteiger partial charge in [-0.05, 0) is 86.6 Å². The van der Waals surface area contributed by atoms with Gasteiger partial charge in [-0.25, -0.2) is 18.4 Å². The summed E-state index contributed by atoms with van der Waals surface area (Å²) in [6.45, 7) is 1.34. The van der Waals surface area contributed by atoms with Crippen molar-refractivity contribution in [3.63, 3.8) is 0 Å². The third-order valence-electron chi connectivity index (χ3n) is 6.99. The summed E-state index contributed by atoms with van der Waals surface area (Å²) in [6, 6.07) is 14.3. The van der Waals surface area contributed by atoms with Crippen LogP contribution in [-0.4, -0.2) is 48.5 Å². The highest BCUT2D eigenvalue weighted by Crippen LogP contribution is 2.30. The van der Waals surface area contributed by atoms with Crippen LogP contribution in [0.15, 0.2) is 84.0 Å². The Labute approximate surface area is 261 Å². The summed E-state index contributed by atoms with van der Waals surface area (Å²) in [5.74, 6) is -1.26. The van der Waals surface area contributed by atoms with E-state index in [1.54, 1.807) is 12.1 Å². The van der Waals surface area contributed by atoms with Gasteiger partial charge in [-0.15, -0.1) is 0 Å². The fraction of sp³-hybridized carbons (Fsp3) is 0.200. The van der Waals surface area contributed by atoms with Crippen molar-refractivity contribution in [1.82, 2.24) is 15.3 Å². The number of benzene rings is 3. The molecule has 3 aromatic carbocycles. The Morgan fingerprint density at radius 2 is 1.49 bits per heavy atom. The Morgan fingerprint density at radius 1 is 0.844 bits per heavy atom. The number of nitrogens with zero attached hydrogens (tertiary/aromatic N) is 2. The second kappa shape index (κ2) is 13.2. The molecular weight excluding hydrogens is 633 g/mol. The van der Waals surface area contributed by atoms with E-state index in [1.165, 1.54) is 48.8 Å². The lowest BCUT2D eigenvalue weighted by molar-refractivity contribution is -0.137. The molecule has 2 amide bonds. The van der Waals surface area contributed by atoms with Crippen LogP contribution >= 0.6 is 11.6 Å². The number of hydrogen-bond acceptors (Lipinski definition) is 8. The zero-order valence-corrected chi connectivity index (χ0v) is 24.9. The second-order valence-electron chi connectivity index (χ2n) is 10.1. The first-order valence-corrected chi connectivity index (χ1v) is 15.6. The topological polar surface area (TPSA) is 142 Å². The minimum atomic E-state index is -4.61. The van der Waals surface area contributed by atoms with Gasteiger partial charge in [-0.3, -0.25) is 9.59 Å². The molecule has 10 nitrogen and oxygen atoms in total. The maximum atomic E-state index is 13.0. The van der Waals surface area contributed by atoms with E-state index in [0.717, 1.165) is 18.2 Å². The highest BCUT2D eigenvalue weighted by Gasteiger charge is 2.31. The molecule has 0 unspecified atom stereocenters. The zero-order chi connectivity index (χ0) is 32.2. The van der Waals surface area contributed by atoms with E-state index in [1.807, 2.05) is 0 Å². The summed E-state index contributed by atoms with van der Waals surface area (Å²) < 4.78 is 64.9. The van der Waals surface area contributed by atoms with Gasteiger partial charge >= 0.3 is 6.18 Å². The number of nitrogens with one attached hydrogen (secondary N) is 4. The van der Waals surface area contributed by atoms with E-state index in [0.29, 0.717) is 31.6 Å². The molecule has 2 heterocycles. The van der Waals surface area contributed by atoms with Crippen LogP contribution in [0.25, 0.3) is 0 Å². The average Bonchev–Trinajstić information content (AvgIpc) is 3.03. The molecule has 1 aliphatic rings. The van der Waals surface area contributed by atoms with Crippen molar-refractivity contribution in [3.8, 4) is 0 Å². The van der Waals surface area contributed by atoms with Crippen molar-refractivity contribution in [2.75, 3.05) is 29.0 Å². The Bertz CT molecular complexity index is 1820. The maximum absolute atomic E-state index is 13.0. The number of hydrogen-bond donors (Lipinski definition) is 4. The Balaban J connectivity index is 1.21. The number of carbonyl (C=O) groups excluding carboxylic acids is 2. The number of amides is 2. The second-order valence-corrected chi connectivity index (χ2v) is 12.8. The molecule has 0 radical (unpaired) electrons. The van der Waals surface area contributed by atoms with Crippen LogP contribution in [-0.2, 0) is 16.0 Å². The molecule has 0 bridgehead atoms. The average molecular weight is 659 g/mol. The summed E-state index contributed by atoms with van der Waals surface area (Å²) in [5.41, 5.74) is -0.270. The quantitative estimate of drug-likeness (QED) is 0.183. The molecule has 0 atom stereocenters. The summed E-state index contributed by atoms with van der Waals surface area (Å²) >= 11 is 6.20. The monoisotopic (exact) mass is 658 g/mol. The first-order valence-electron chi connectivity index (χ1n) is 13.6. The van der Waals surface area contributed by atoms with Crippen LogP contribution in [0.3, 0.4) is 0 Å². The molecule has 234 valence electrons. The number of anilines is 4. The van der Waals surface area contributed by atoms with Crippen LogP contribution in [0.1, 0.15) is 39.1 Å². The molecular formula is C30H26ClF3N6O4S. The van der Waals surface area contributed by atoms with Crippen molar-refractivity contribution in [2.45, 2.75) is 29.2 Å². The molecule has 1 fully saturated rings. The molecule has 0 saturated carbocycles. The van der Waals surface area contributed by atoms with Gasteiger partial charge in [0, 0.05) is 16.9 Å². The number of carbonyl (C=O) groups is 2. The standard InChI is InChI=1S/C30H26ClF3N6O4S/c31-26-9-6-21(38-27(41)18-2-1-3-19(14-18)30(32,33)34)15-25(26)28(42)39-22-16-36-29(37-17-22)40-20-4-7-23(8-5-20)45(43,44)24-10-12-35-13-11-24/h1-9,14-17,24,35H,10-13H2,(H,38,41)(H,39,42)(H,36,37,40). The molecule has 1 aromatic heterocycles. The highest BCUT2D eigenvalue weighted by atomic mass is 35.5. The van der Waals surface area contributed by atoms with Crippen molar-refractivity contribution >= 4 is 56.3 Å². The van der Waals surface area contributed by atoms with Crippen molar-refractivity contribution in [2.24, 2.45) is 0 Å². The zero-order valence-electron chi connectivity index (χ0n) is 23.4. The van der Waals surface area contributed by atoms with Crippen LogP contribution in [0.2, 0.25) is 5.02 Å². The minimum Gasteiger partial charge on any atom is -0.324 e. The fourth-order valence-corrected chi connectivity index (χ4v) is 6.59. The van der Waals surface area contributed by atoms with Crippen LogP contribution in [0.4, 0.5) is 36.2 Å².